The highest BCUT2D eigenvalue weighted by Gasteiger charge is 2.19. The molecule has 1 amide bonds. The van der Waals surface area contributed by atoms with Crippen LogP contribution < -0.4 is 10.6 Å². The zero-order valence-corrected chi connectivity index (χ0v) is 8.92. The molecule has 1 aliphatic carbocycles. The molecule has 3 heteroatoms. The van der Waals surface area contributed by atoms with Crippen molar-refractivity contribution in [3.63, 3.8) is 0 Å². The molecule has 1 fully saturated rings. The lowest BCUT2D eigenvalue weighted by Gasteiger charge is -2.26. The highest BCUT2D eigenvalue weighted by atomic mass is 16.1. The van der Waals surface area contributed by atoms with Crippen molar-refractivity contribution in [1.29, 1.82) is 0 Å². The minimum Gasteiger partial charge on any atom is -0.388 e. The van der Waals surface area contributed by atoms with Crippen LogP contribution in [0.3, 0.4) is 0 Å². The van der Waals surface area contributed by atoms with E-state index in [1.54, 1.807) is 0 Å². The number of hydrogen-bond donors (Lipinski definition) is 2. The average Bonchev–Trinajstić information content (AvgIpc) is 2.23. The number of carbonyl (C=O) groups excluding carboxylic acids is 1. The third kappa shape index (κ3) is 2.29. The molecule has 3 nitrogen and oxygen atoms in total. The number of anilines is 1. The summed E-state index contributed by atoms with van der Waals surface area (Å²) < 4.78 is 0. The fourth-order valence-corrected chi connectivity index (χ4v) is 1.64. The van der Waals surface area contributed by atoms with Gasteiger partial charge >= 0.3 is 0 Å². The normalized spacial score (nSPS) is 15.5. The van der Waals surface area contributed by atoms with Crippen LogP contribution in [0.2, 0.25) is 0 Å². The molecule has 0 spiro atoms. The van der Waals surface area contributed by atoms with E-state index in [0.717, 1.165) is 24.1 Å². The van der Waals surface area contributed by atoms with Crippen LogP contribution in [0.5, 0.6) is 0 Å². The van der Waals surface area contributed by atoms with Gasteiger partial charge in [-0.05, 0) is 37.5 Å². The first kappa shape index (κ1) is 10.0. The van der Waals surface area contributed by atoms with Crippen LogP contribution in [-0.2, 0) is 0 Å². The molecule has 0 unspecified atom stereocenters. The van der Waals surface area contributed by atoms with Crippen LogP contribution in [0.25, 0.3) is 0 Å². The minimum absolute atomic E-state index is 0.0387. The Morgan fingerprint density at radius 3 is 2.80 bits per heavy atom. The van der Waals surface area contributed by atoms with Crippen molar-refractivity contribution < 1.29 is 4.79 Å². The molecule has 2 N–H and O–H groups in total. The third-order valence-electron chi connectivity index (χ3n) is 2.85. The van der Waals surface area contributed by atoms with Gasteiger partial charge < -0.3 is 10.6 Å². The maximum atomic E-state index is 11.8. The van der Waals surface area contributed by atoms with E-state index < -0.39 is 0 Å². The lowest BCUT2D eigenvalue weighted by Crippen LogP contribution is -2.39. The van der Waals surface area contributed by atoms with Crippen molar-refractivity contribution >= 4 is 11.6 Å². The molecule has 1 aromatic carbocycles. The van der Waals surface area contributed by atoms with E-state index in [0.29, 0.717) is 6.04 Å². The number of nitrogens with one attached hydrogen (secondary N) is 2. The highest BCUT2D eigenvalue weighted by molar-refractivity contribution is 5.95. The topological polar surface area (TPSA) is 41.1 Å². The van der Waals surface area contributed by atoms with E-state index in [1.807, 2.05) is 31.3 Å². The summed E-state index contributed by atoms with van der Waals surface area (Å²) in [6.45, 7) is 0. The second kappa shape index (κ2) is 4.34. The van der Waals surface area contributed by atoms with Crippen LogP contribution in [-0.4, -0.2) is 19.0 Å². The Kier molecular flexibility index (Phi) is 2.90. The Morgan fingerprint density at radius 1 is 1.40 bits per heavy atom. The van der Waals surface area contributed by atoms with Gasteiger partial charge in [0.2, 0.25) is 0 Å². The van der Waals surface area contributed by atoms with Crippen molar-refractivity contribution in [2.75, 3.05) is 12.4 Å². The Balaban J connectivity index is 2.03. The molecule has 80 valence electrons. The summed E-state index contributed by atoms with van der Waals surface area (Å²) in [5.74, 6) is 0.0387. The maximum Gasteiger partial charge on any atom is 0.251 e. The quantitative estimate of drug-likeness (QED) is 0.790. The molecule has 0 saturated heterocycles. The number of amides is 1. The lowest BCUT2D eigenvalue weighted by molar-refractivity contribution is 0.0917. The van der Waals surface area contributed by atoms with Crippen molar-refractivity contribution in [2.24, 2.45) is 0 Å². The molecule has 2 rings (SSSR count). The van der Waals surface area contributed by atoms with Gasteiger partial charge in [0, 0.05) is 24.3 Å². The minimum atomic E-state index is 0.0387. The van der Waals surface area contributed by atoms with E-state index in [-0.39, 0.29) is 5.91 Å². The monoisotopic (exact) mass is 204 g/mol. The molecule has 0 heterocycles. The van der Waals surface area contributed by atoms with E-state index in [1.165, 1.54) is 6.42 Å². The van der Waals surface area contributed by atoms with Crippen LogP contribution in [0.4, 0.5) is 5.69 Å². The highest BCUT2D eigenvalue weighted by Crippen LogP contribution is 2.19. The second-order valence-corrected chi connectivity index (χ2v) is 3.93. The van der Waals surface area contributed by atoms with Gasteiger partial charge in [-0.1, -0.05) is 6.07 Å². The maximum absolute atomic E-state index is 11.8. The van der Waals surface area contributed by atoms with Gasteiger partial charge in [0.05, 0.1) is 0 Å². The predicted molar refractivity (Wildman–Crippen MR) is 61.1 cm³/mol. The second-order valence-electron chi connectivity index (χ2n) is 3.93. The van der Waals surface area contributed by atoms with Gasteiger partial charge in [-0.25, -0.2) is 0 Å². The molecular weight excluding hydrogens is 188 g/mol. The fraction of sp³-hybridized carbons (Fsp3) is 0.417. The predicted octanol–water partition coefficient (Wildman–Crippen LogP) is 2.01. The summed E-state index contributed by atoms with van der Waals surface area (Å²) in [5, 5.41) is 6.04. The first-order valence-corrected chi connectivity index (χ1v) is 5.38. The Morgan fingerprint density at radius 2 is 2.20 bits per heavy atom. The molecule has 15 heavy (non-hydrogen) atoms. The number of rotatable bonds is 3. The first-order chi connectivity index (χ1) is 7.29. The third-order valence-corrected chi connectivity index (χ3v) is 2.85. The van der Waals surface area contributed by atoms with Crippen molar-refractivity contribution in [2.45, 2.75) is 25.3 Å². The standard InChI is InChI=1S/C12H16N2O/c1-13-11-7-2-4-9(8-11)12(15)14-10-5-3-6-10/h2,4,7-8,10,13H,3,5-6H2,1H3,(H,14,15). The summed E-state index contributed by atoms with van der Waals surface area (Å²) in [6.07, 6.45) is 3.48. The van der Waals surface area contributed by atoms with Gasteiger partial charge in [-0.15, -0.1) is 0 Å². The number of carbonyl (C=O) groups is 1. The molecule has 1 aliphatic rings. The van der Waals surface area contributed by atoms with Crippen LogP contribution in [0, 0.1) is 0 Å². The Labute approximate surface area is 89.9 Å². The van der Waals surface area contributed by atoms with Crippen LogP contribution in [0.1, 0.15) is 29.6 Å². The largest absolute Gasteiger partial charge is 0.388 e. The zero-order valence-electron chi connectivity index (χ0n) is 8.92. The Hall–Kier alpha value is -1.51. The summed E-state index contributed by atoms with van der Waals surface area (Å²) in [7, 11) is 1.85. The fourth-order valence-electron chi connectivity index (χ4n) is 1.64. The number of benzene rings is 1. The summed E-state index contributed by atoms with van der Waals surface area (Å²) in [4.78, 5) is 11.8. The van der Waals surface area contributed by atoms with E-state index >= 15 is 0 Å². The van der Waals surface area contributed by atoms with Crippen molar-refractivity contribution in [3.8, 4) is 0 Å². The molecule has 1 aromatic rings. The summed E-state index contributed by atoms with van der Waals surface area (Å²) in [6, 6.07) is 7.94. The van der Waals surface area contributed by atoms with Crippen molar-refractivity contribution in [3.05, 3.63) is 29.8 Å². The number of hydrogen-bond acceptors (Lipinski definition) is 2. The van der Waals surface area contributed by atoms with Gasteiger partial charge in [-0.2, -0.15) is 0 Å². The molecule has 0 aliphatic heterocycles. The van der Waals surface area contributed by atoms with E-state index in [2.05, 4.69) is 10.6 Å². The van der Waals surface area contributed by atoms with Gasteiger partial charge in [0.1, 0.15) is 0 Å². The van der Waals surface area contributed by atoms with Crippen molar-refractivity contribution in [1.82, 2.24) is 5.32 Å². The zero-order chi connectivity index (χ0) is 10.7. The first-order valence-electron chi connectivity index (χ1n) is 5.38. The molecule has 0 atom stereocenters. The van der Waals surface area contributed by atoms with Crippen LogP contribution >= 0.6 is 0 Å². The van der Waals surface area contributed by atoms with Gasteiger partial charge in [0.15, 0.2) is 0 Å². The van der Waals surface area contributed by atoms with Gasteiger partial charge in [0.25, 0.3) is 5.91 Å². The molecule has 1 saturated carbocycles. The summed E-state index contributed by atoms with van der Waals surface area (Å²) >= 11 is 0. The van der Waals surface area contributed by atoms with E-state index in [9.17, 15) is 4.79 Å². The SMILES string of the molecule is CNc1cccc(C(=O)NC2CCC2)c1. The summed E-state index contributed by atoms with van der Waals surface area (Å²) in [5.41, 5.74) is 1.70. The molecule has 0 bridgehead atoms. The Bertz CT molecular complexity index is 358. The van der Waals surface area contributed by atoms with Gasteiger partial charge in [-0.3, -0.25) is 4.79 Å². The molecule has 0 radical (unpaired) electrons. The molecule has 0 aromatic heterocycles. The average molecular weight is 204 g/mol. The molecular formula is C12H16N2O. The lowest BCUT2D eigenvalue weighted by atomic mass is 9.93. The van der Waals surface area contributed by atoms with Crippen LogP contribution in [0.15, 0.2) is 24.3 Å². The smallest absolute Gasteiger partial charge is 0.251 e. The van der Waals surface area contributed by atoms with E-state index in [4.69, 9.17) is 0 Å².